The Morgan fingerprint density at radius 1 is 1.29 bits per heavy atom. The van der Waals surface area contributed by atoms with Gasteiger partial charge in [-0.2, -0.15) is 0 Å². The normalized spacial score (nSPS) is 9.50. The van der Waals surface area contributed by atoms with Crippen molar-refractivity contribution in [3.8, 4) is 11.3 Å². The van der Waals surface area contributed by atoms with Crippen LogP contribution in [0.15, 0.2) is 29.6 Å². The van der Waals surface area contributed by atoms with Gasteiger partial charge in [0.05, 0.1) is 5.69 Å². The molecule has 0 bridgehead atoms. The van der Waals surface area contributed by atoms with E-state index in [-0.39, 0.29) is 17.0 Å². The number of hydrogen-bond acceptors (Lipinski definition) is 3. The molecule has 2 rings (SSSR count). The first kappa shape index (κ1) is 11.5. The molecule has 0 spiro atoms. The number of aromatic nitrogens is 1. The maximum absolute atomic E-state index is 5.99. The van der Waals surface area contributed by atoms with Crippen molar-refractivity contribution in [3.05, 3.63) is 34.7 Å². The second-order valence-corrected chi connectivity index (χ2v) is 3.85. The number of nitrogen functional groups attached to an aromatic ring is 1. The Bertz CT molecular complexity index is 430. The molecule has 2 nitrogen and oxygen atoms in total. The second kappa shape index (κ2) is 4.77. The quantitative estimate of drug-likeness (QED) is 0.806. The summed E-state index contributed by atoms with van der Waals surface area (Å²) in [6.07, 6.45) is 0. The summed E-state index contributed by atoms with van der Waals surface area (Å²) in [4.78, 5) is 4.15. The molecule has 0 unspecified atom stereocenters. The van der Waals surface area contributed by atoms with Gasteiger partial charge in [0.15, 0.2) is 5.13 Å². The molecular formula is C9H7BrClN2S-. The number of nitrogens with two attached hydrogens (primary N) is 1. The van der Waals surface area contributed by atoms with E-state index in [2.05, 4.69) is 4.98 Å². The highest BCUT2D eigenvalue weighted by Crippen LogP contribution is 2.28. The number of benzene rings is 1. The van der Waals surface area contributed by atoms with Crippen molar-refractivity contribution < 1.29 is 17.0 Å². The van der Waals surface area contributed by atoms with Crippen LogP contribution < -0.4 is 22.7 Å². The van der Waals surface area contributed by atoms with E-state index in [0.29, 0.717) is 10.2 Å². The molecule has 2 aromatic rings. The molecule has 5 heteroatoms. The molecule has 0 amide bonds. The van der Waals surface area contributed by atoms with E-state index in [1.807, 2.05) is 29.6 Å². The van der Waals surface area contributed by atoms with E-state index in [0.717, 1.165) is 11.3 Å². The lowest BCUT2D eigenvalue weighted by Crippen LogP contribution is -3.00. The molecule has 2 N–H and O–H groups in total. The van der Waals surface area contributed by atoms with Crippen molar-refractivity contribution in [2.24, 2.45) is 0 Å². The first-order chi connectivity index (χ1) is 6.27. The molecule has 14 heavy (non-hydrogen) atoms. The van der Waals surface area contributed by atoms with E-state index >= 15 is 0 Å². The van der Waals surface area contributed by atoms with Crippen LogP contribution in [0.4, 0.5) is 5.13 Å². The van der Waals surface area contributed by atoms with E-state index in [1.54, 1.807) is 0 Å². The minimum atomic E-state index is 0. The van der Waals surface area contributed by atoms with Crippen molar-refractivity contribution in [1.29, 1.82) is 0 Å². The van der Waals surface area contributed by atoms with Gasteiger partial charge in [-0.3, -0.25) is 0 Å². The smallest absolute Gasteiger partial charge is 0.180 e. The summed E-state index contributed by atoms with van der Waals surface area (Å²) >= 11 is 7.41. The van der Waals surface area contributed by atoms with Crippen LogP contribution in [0.25, 0.3) is 11.3 Å². The predicted octanol–water partition coefficient (Wildman–Crippen LogP) is 0.0497. The molecule has 0 aliphatic carbocycles. The summed E-state index contributed by atoms with van der Waals surface area (Å²) in [5.74, 6) is 0. The zero-order valence-electron chi connectivity index (χ0n) is 7.08. The van der Waals surface area contributed by atoms with Gasteiger partial charge in [-0.1, -0.05) is 29.8 Å². The molecule has 1 heterocycles. The fourth-order valence-electron chi connectivity index (χ4n) is 1.08. The number of thiazole rings is 1. The van der Waals surface area contributed by atoms with E-state index in [1.165, 1.54) is 11.3 Å². The molecule has 0 aliphatic heterocycles. The third-order valence-corrected chi connectivity index (χ3v) is 2.68. The lowest BCUT2D eigenvalue weighted by molar-refractivity contribution is -0.00000251. The van der Waals surface area contributed by atoms with Gasteiger partial charge in [0.1, 0.15) is 0 Å². The van der Waals surface area contributed by atoms with E-state index in [9.17, 15) is 0 Å². The van der Waals surface area contributed by atoms with Gasteiger partial charge in [0.25, 0.3) is 0 Å². The van der Waals surface area contributed by atoms with Crippen LogP contribution >= 0.6 is 22.9 Å². The first-order valence-corrected chi connectivity index (χ1v) is 4.99. The topological polar surface area (TPSA) is 38.9 Å². The average Bonchev–Trinajstić information content (AvgIpc) is 2.53. The highest BCUT2D eigenvalue weighted by Gasteiger charge is 2.05. The van der Waals surface area contributed by atoms with Gasteiger partial charge in [-0.25, -0.2) is 4.98 Å². The minimum Gasteiger partial charge on any atom is -1.00 e. The molecule has 0 saturated carbocycles. The highest BCUT2D eigenvalue weighted by molar-refractivity contribution is 7.13. The Balaban J connectivity index is 0.000000980. The summed E-state index contributed by atoms with van der Waals surface area (Å²) < 4.78 is 0. The van der Waals surface area contributed by atoms with E-state index < -0.39 is 0 Å². The average molecular weight is 291 g/mol. The molecule has 0 fully saturated rings. The van der Waals surface area contributed by atoms with Crippen LogP contribution in [0, 0.1) is 0 Å². The van der Waals surface area contributed by atoms with Crippen LogP contribution in [0.1, 0.15) is 0 Å². The number of anilines is 1. The highest BCUT2D eigenvalue weighted by atomic mass is 79.9. The molecule has 0 atom stereocenters. The first-order valence-electron chi connectivity index (χ1n) is 3.73. The number of nitrogens with zero attached hydrogens (tertiary/aromatic N) is 1. The zero-order chi connectivity index (χ0) is 9.26. The number of halogens is 2. The van der Waals surface area contributed by atoms with Gasteiger partial charge < -0.3 is 22.7 Å². The molecule has 74 valence electrons. The van der Waals surface area contributed by atoms with Gasteiger partial charge in [0, 0.05) is 16.0 Å². The summed E-state index contributed by atoms with van der Waals surface area (Å²) in [6, 6.07) is 7.58. The number of hydrogen-bond donors (Lipinski definition) is 1. The molecule has 1 aromatic carbocycles. The number of rotatable bonds is 1. The minimum absolute atomic E-state index is 0. The second-order valence-electron chi connectivity index (χ2n) is 2.55. The van der Waals surface area contributed by atoms with Crippen molar-refractivity contribution in [3.63, 3.8) is 0 Å². The lowest BCUT2D eigenvalue weighted by atomic mass is 10.2. The van der Waals surface area contributed by atoms with Crippen molar-refractivity contribution in [2.75, 3.05) is 5.73 Å². The Kier molecular flexibility index (Phi) is 3.92. The Hall–Kier alpha value is -0.580. The van der Waals surface area contributed by atoms with Gasteiger partial charge in [0.2, 0.25) is 0 Å². The standard InChI is InChI=1S/C9H7ClN2S.BrH/c10-7-4-2-1-3-6(7)8-5-13-9(11)12-8;/h1-5H,(H2,11,12);1H/p-1. The van der Waals surface area contributed by atoms with Crippen molar-refractivity contribution in [2.45, 2.75) is 0 Å². The van der Waals surface area contributed by atoms with Gasteiger partial charge >= 0.3 is 0 Å². The molecular weight excluding hydrogens is 284 g/mol. The van der Waals surface area contributed by atoms with Gasteiger partial charge in [-0.05, 0) is 6.07 Å². The monoisotopic (exact) mass is 289 g/mol. The molecule has 0 saturated heterocycles. The summed E-state index contributed by atoms with van der Waals surface area (Å²) in [5, 5.41) is 3.17. The Morgan fingerprint density at radius 2 is 2.00 bits per heavy atom. The summed E-state index contributed by atoms with van der Waals surface area (Å²) in [7, 11) is 0. The fraction of sp³-hybridized carbons (Fsp3) is 0. The zero-order valence-corrected chi connectivity index (χ0v) is 10.2. The van der Waals surface area contributed by atoms with E-state index in [4.69, 9.17) is 17.3 Å². The maximum atomic E-state index is 5.99. The van der Waals surface area contributed by atoms with Crippen LogP contribution in [0.2, 0.25) is 5.02 Å². The maximum Gasteiger partial charge on any atom is 0.180 e. The third kappa shape index (κ3) is 2.26. The SMILES string of the molecule is Nc1nc(-c2ccccc2Cl)cs1.[Br-]. The fourth-order valence-corrected chi connectivity index (χ4v) is 1.88. The predicted molar refractivity (Wildman–Crippen MR) is 57.0 cm³/mol. The van der Waals surface area contributed by atoms with Crippen LogP contribution in [-0.4, -0.2) is 4.98 Å². The van der Waals surface area contributed by atoms with Crippen LogP contribution in [-0.2, 0) is 0 Å². The molecule has 0 radical (unpaired) electrons. The Labute approximate surface area is 102 Å². The van der Waals surface area contributed by atoms with Crippen LogP contribution in [0.5, 0.6) is 0 Å². The lowest BCUT2D eigenvalue weighted by Gasteiger charge is -1.97. The van der Waals surface area contributed by atoms with Crippen molar-refractivity contribution >= 4 is 28.1 Å². The summed E-state index contributed by atoms with van der Waals surface area (Å²) in [6.45, 7) is 0. The Morgan fingerprint density at radius 3 is 2.57 bits per heavy atom. The van der Waals surface area contributed by atoms with Crippen LogP contribution in [0.3, 0.4) is 0 Å². The van der Waals surface area contributed by atoms with Crippen molar-refractivity contribution in [1.82, 2.24) is 4.98 Å². The van der Waals surface area contributed by atoms with Gasteiger partial charge in [-0.15, -0.1) is 11.3 Å². The molecule has 0 aliphatic rings. The summed E-state index contributed by atoms with van der Waals surface area (Å²) in [5.41, 5.74) is 7.30. The third-order valence-electron chi connectivity index (χ3n) is 1.67. The molecule has 1 aromatic heterocycles. The largest absolute Gasteiger partial charge is 1.00 e.